The number of sulfone groups is 1. The Balaban J connectivity index is 1.32. The van der Waals surface area contributed by atoms with Crippen molar-refractivity contribution < 1.29 is 22.8 Å². The van der Waals surface area contributed by atoms with Crippen LogP contribution in [-0.4, -0.2) is 47.2 Å². The highest BCUT2D eigenvalue weighted by molar-refractivity contribution is 7.92. The number of rotatable bonds is 11. The zero-order chi connectivity index (χ0) is 30.6. The van der Waals surface area contributed by atoms with Crippen LogP contribution in [0.5, 0.6) is 0 Å². The van der Waals surface area contributed by atoms with Crippen molar-refractivity contribution in [2.24, 2.45) is 5.16 Å². The summed E-state index contributed by atoms with van der Waals surface area (Å²) in [6.07, 6.45) is 3.00. The lowest BCUT2D eigenvalue weighted by Gasteiger charge is -2.35. The van der Waals surface area contributed by atoms with E-state index in [-0.39, 0.29) is 22.5 Å². The average molecular weight is 607 g/mol. The second-order valence-electron chi connectivity index (χ2n) is 10.4. The van der Waals surface area contributed by atoms with Gasteiger partial charge in [-0.05, 0) is 41.7 Å². The second-order valence-corrected chi connectivity index (χ2v) is 12.6. The average Bonchev–Trinajstić information content (AvgIpc) is 3.85. The Bertz CT molecular complexity index is 1770. The van der Waals surface area contributed by atoms with Crippen LogP contribution >= 0.6 is 0 Å². The first-order valence-electron chi connectivity index (χ1n) is 14.1. The number of carbonyl (C=O) groups is 1. The molecule has 1 aliphatic rings. The maximum Gasteiger partial charge on any atom is 0.360 e. The molecule has 0 spiro atoms. The van der Waals surface area contributed by atoms with E-state index in [1.54, 1.807) is 6.33 Å². The van der Waals surface area contributed by atoms with Gasteiger partial charge in [0, 0.05) is 5.56 Å². The van der Waals surface area contributed by atoms with Gasteiger partial charge in [-0.15, -0.1) is 0 Å². The summed E-state index contributed by atoms with van der Waals surface area (Å²) < 4.78 is 31.9. The standard InChI is InChI=1S/C34H30N4O5S/c1-42-33(39)32(25-17-19-29(20-18-25)44(40,41)30-21-22-30)37-43-23-31-35-24-38(36-31)34(26-11-5-2-6-12-26,27-13-7-3-8-14-27)28-15-9-4-10-16-28/h2-20,24,30H,21-23H2,1H3/b37-32+. The van der Waals surface area contributed by atoms with Crippen molar-refractivity contribution in [3.63, 3.8) is 0 Å². The predicted molar refractivity (Wildman–Crippen MR) is 165 cm³/mol. The van der Waals surface area contributed by atoms with Gasteiger partial charge in [0.25, 0.3) is 0 Å². The predicted octanol–water partition coefficient (Wildman–Crippen LogP) is 5.15. The Labute approximate surface area is 255 Å². The molecular formula is C34H30N4O5S. The van der Waals surface area contributed by atoms with Crippen molar-refractivity contribution in [2.75, 3.05) is 7.11 Å². The number of benzene rings is 4. The lowest BCUT2D eigenvalue weighted by atomic mass is 9.77. The summed E-state index contributed by atoms with van der Waals surface area (Å²) in [5.41, 5.74) is 2.41. The SMILES string of the molecule is COC(=O)/C(=N/OCc1ncn(C(c2ccccc2)(c2ccccc2)c2ccccc2)n1)c1ccc(S(=O)(=O)C2CC2)cc1. The summed E-state index contributed by atoms with van der Waals surface area (Å²) in [7, 11) is -2.12. The molecule has 0 N–H and O–H groups in total. The van der Waals surface area contributed by atoms with Gasteiger partial charge in [0.2, 0.25) is 0 Å². The number of hydrogen-bond donors (Lipinski definition) is 0. The maximum atomic E-state index is 12.6. The van der Waals surface area contributed by atoms with Crippen LogP contribution in [0.3, 0.4) is 0 Å². The molecule has 10 heteroatoms. The Morgan fingerprint density at radius 1 is 0.841 bits per heavy atom. The first kappa shape index (κ1) is 29.0. The van der Waals surface area contributed by atoms with E-state index in [4.69, 9.17) is 14.7 Å². The van der Waals surface area contributed by atoms with Gasteiger partial charge in [-0.25, -0.2) is 22.9 Å². The van der Waals surface area contributed by atoms with Crippen molar-refractivity contribution in [1.82, 2.24) is 14.8 Å². The van der Waals surface area contributed by atoms with Crippen LogP contribution < -0.4 is 0 Å². The number of oxime groups is 1. The van der Waals surface area contributed by atoms with E-state index in [9.17, 15) is 13.2 Å². The first-order chi connectivity index (χ1) is 21.4. The van der Waals surface area contributed by atoms with Crippen LogP contribution in [0.15, 0.2) is 132 Å². The first-order valence-corrected chi connectivity index (χ1v) is 15.7. The third-order valence-electron chi connectivity index (χ3n) is 7.61. The zero-order valence-corrected chi connectivity index (χ0v) is 24.8. The number of ether oxygens (including phenoxy) is 1. The van der Waals surface area contributed by atoms with Gasteiger partial charge < -0.3 is 9.57 Å². The fraction of sp³-hybridized carbons (Fsp3) is 0.176. The number of carbonyl (C=O) groups excluding carboxylic acids is 1. The van der Waals surface area contributed by atoms with Crippen LogP contribution in [0.25, 0.3) is 0 Å². The monoisotopic (exact) mass is 606 g/mol. The summed E-state index contributed by atoms with van der Waals surface area (Å²) in [6.45, 7) is -0.129. The van der Waals surface area contributed by atoms with Crippen LogP contribution in [0, 0.1) is 0 Å². The van der Waals surface area contributed by atoms with Gasteiger partial charge in [0.05, 0.1) is 17.3 Å². The summed E-state index contributed by atoms with van der Waals surface area (Å²) in [4.78, 5) is 22.9. The topological polar surface area (TPSA) is 113 Å². The van der Waals surface area contributed by atoms with E-state index in [2.05, 4.69) is 46.5 Å². The molecule has 0 radical (unpaired) electrons. The minimum Gasteiger partial charge on any atom is -0.464 e. The smallest absolute Gasteiger partial charge is 0.360 e. The fourth-order valence-corrected chi connectivity index (χ4v) is 6.95. The van der Waals surface area contributed by atoms with Crippen molar-refractivity contribution >= 4 is 21.5 Å². The molecule has 0 amide bonds. The molecule has 1 saturated carbocycles. The van der Waals surface area contributed by atoms with E-state index in [1.165, 1.54) is 31.4 Å². The minimum absolute atomic E-state index is 0.102. The molecule has 0 bridgehead atoms. The van der Waals surface area contributed by atoms with Crippen molar-refractivity contribution in [3.05, 3.63) is 150 Å². The van der Waals surface area contributed by atoms with Gasteiger partial charge >= 0.3 is 5.97 Å². The van der Waals surface area contributed by atoms with Crippen LogP contribution in [0.1, 0.15) is 40.9 Å². The zero-order valence-electron chi connectivity index (χ0n) is 24.0. The second kappa shape index (κ2) is 12.3. The van der Waals surface area contributed by atoms with E-state index < -0.39 is 21.3 Å². The Morgan fingerprint density at radius 3 is 1.84 bits per heavy atom. The summed E-state index contributed by atoms with van der Waals surface area (Å²) in [5, 5.41) is 8.55. The molecule has 1 aliphatic carbocycles. The molecule has 0 atom stereocenters. The van der Waals surface area contributed by atoms with E-state index in [0.717, 1.165) is 16.7 Å². The fourth-order valence-electron chi connectivity index (χ4n) is 5.29. The highest BCUT2D eigenvalue weighted by Crippen LogP contribution is 2.40. The molecule has 1 heterocycles. The minimum atomic E-state index is -3.36. The molecule has 222 valence electrons. The van der Waals surface area contributed by atoms with Gasteiger partial charge in [-0.2, -0.15) is 5.10 Å². The highest BCUT2D eigenvalue weighted by atomic mass is 32.2. The number of methoxy groups -OCH3 is 1. The molecular weight excluding hydrogens is 576 g/mol. The van der Waals surface area contributed by atoms with Gasteiger partial charge in [0.1, 0.15) is 11.9 Å². The highest BCUT2D eigenvalue weighted by Gasteiger charge is 2.40. The van der Waals surface area contributed by atoms with E-state index in [1.807, 2.05) is 59.3 Å². The van der Waals surface area contributed by atoms with Crippen LogP contribution in [0.4, 0.5) is 0 Å². The quantitative estimate of drug-likeness (QED) is 0.0885. The number of nitrogens with zero attached hydrogens (tertiary/aromatic N) is 4. The molecule has 0 aliphatic heterocycles. The molecule has 0 saturated heterocycles. The van der Waals surface area contributed by atoms with E-state index in [0.29, 0.717) is 24.2 Å². The molecule has 1 aromatic heterocycles. The number of esters is 1. The summed E-state index contributed by atoms with van der Waals surface area (Å²) in [5.74, 6) is -0.381. The normalized spacial score (nSPS) is 13.8. The molecule has 9 nitrogen and oxygen atoms in total. The van der Waals surface area contributed by atoms with Crippen LogP contribution in [0.2, 0.25) is 0 Å². The largest absolute Gasteiger partial charge is 0.464 e. The van der Waals surface area contributed by atoms with Crippen LogP contribution in [-0.2, 0) is 36.4 Å². The molecule has 4 aromatic carbocycles. The van der Waals surface area contributed by atoms with Gasteiger partial charge in [-0.1, -0.05) is 108 Å². The van der Waals surface area contributed by atoms with Gasteiger partial charge in [-0.3, -0.25) is 0 Å². The maximum absolute atomic E-state index is 12.6. The van der Waals surface area contributed by atoms with Crippen molar-refractivity contribution in [3.8, 4) is 0 Å². The third-order valence-corrected chi connectivity index (χ3v) is 9.88. The molecule has 1 fully saturated rings. The molecule has 5 aromatic rings. The lowest BCUT2D eigenvalue weighted by molar-refractivity contribution is -0.132. The van der Waals surface area contributed by atoms with Gasteiger partial charge in [0.15, 0.2) is 28.0 Å². The molecule has 6 rings (SSSR count). The number of aromatic nitrogens is 3. The molecule has 0 unspecified atom stereocenters. The number of hydrogen-bond acceptors (Lipinski definition) is 8. The third kappa shape index (κ3) is 5.51. The summed E-state index contributed by atoms with van der Waals surface area (Å²) >= 11 is 0. The van der Waals surface area contributed by atoms with E-state index >= 15 is 0 Å². The lowest BCUT2D eigenvalue weighted by Crippen LogP contribution is -2.38. The van der Waals surface area contributed by atoms with Crippen molar-refractivity contribution in [1.29, 1.82) is 0 Å². The Morgan fingerprint density at radius 2 is 1.36 bits per heavy atom. The van der Waals surface area contributed by atoms with Crippen molar-refractivity contribution in [2.45, 2.75) is 35.1 Å². The Kier molecular flexibility index (Phi) is 8.08. The summed E-state index contributed by atoms with van der Waals surface area (Å²) in [6, 6.07) is 36.2. The Hall–Kier alpha value is -5.09. The molecule has 44 heavy (non-hydrogen) atoms.